The summed E-state index contributed by atoms with van der Waals surface area (Å²) < 4.78 is 11.6. The molecule has 106 valence electrons. The molecule has 0 aliphatic carbocycles. The summed E-state index contributed by atoms with van der Waals surface area (Å²) in [6.07, 6.45) is 5.73. The molecule has 3 heteroatoms. The Hall–Kier alpha value is -1.32. The van der Waals surface area contributed by atoms with Gasteiger partial charge in [-0.3, -0.25) is 0 Å². The molecule has 0 bridgehead atoms. The summed E-state index contributed by atoms with van der Waals surface area (Å²) in [6.45, 7) is 7.38. The van der Waals surface area contributed by atoms with Gasteiger partial charge in [0.15, 0.2) is 5.79 Å². The molecule has 19 heavy (non-hydrogen) atoms. The van der Waals surface area contributed by atoms with Gasteiger partial charge in [-0.1, -0.05) is 31.5 Å². The lowest BCUT2D eigenvalue weighted by molar-refractivity contribution is -0.203. The van der Waals surface area contributed by atoms with Crippen LogP contribution in [0.15, 0.2) is 42.6 Å². The van der Waals surface area contributed by atoms with E-state index in [0.29, 0.717) is 13.2 Å². The zero-order valence-electron chi connectivity index (χ0n) is 12.2. The molecule has 0 unspecified atom stereocenters. The Labute approximate surface area is 116 Å². The molecular weight excluding hydrogens is 238 g/mol. The van der Waals surface area contributed by atoms with Crippen LogP contribution in [0.1, 0.15) is 33.6 Å². The van der Waals surface area contributed by atoms with Crippen molar-refractivity contribution < 1.29 is 9.47 Å². The van der Waals surface area contributed by atoms with Gasteiger partial charge in [-0.25, -0.2) is 0 Å². The molecule has 0 atom stereocenters. The second-order valence-corrected chi connectivity index (χ2v) is 4.27. The maximum Gasteiger partial charge on any atom is 0.189 e. The van der Waals surface area contributed by atoms with Crippen LogP contribution in [0.25, 0.3) is 0 Å². The largest absolute Gasteiger partial charge is 0.362 e. The fraction of sp³-hybridized carbons (Fsp3) is 0.500. The molecular formula is C16H25NO2. The van der Waals surface area contributed by atoms with E-state index >= 15 is 0 Å². The van der Waals surface area contributed by atoms with E-state index < -0.39 is 5.79 Å². The average molecular weight is 263 g/mol. The van der Waals surface area contributed by atoms with Crippen LogP contribution in [0.4, 0.5) is 5.69 Å². The monoisotopic (exact) mass is 263 g/mol. The molecule has 0 saturated heterocycles. The van der Waals surface area contributed by atoms with Crippen molar-refractivity contribution in [3.8, 4) is 0 Å². The molecule has 0 heterocycles. The summed E-state index contributed by atoms with van der Waals surface area (Å²) in [5.74, 6) is -0.611. The number of ether oxygens (including phenoxy) is 2. The molecule has 0 aliphatic heterocycles. The third-order valence-corrected chi connectivity index (χ3v) is 2.74. The average Bonchev–Trinajstić information content (AvgIpc) is 2.41. The fourth-order valence-corrected chi connectivity index (χ4v) is 2.00. The Kier molecular flexibility index (Phi) is 7.23. The van der Waals surface area contributed by atoms with E-state index in [9.17, 15) is 0 Å². The molecule has 0 aromatic heterocycles. The number of hydrogen-bond donors (Lipinski definition) is 1. The third-order valence-electron chi connectivity index (χ3n) is 2.74. The molecule has 1 rings (SSSR count). The van der Waals surface area contributed by atoms with E-state index in [1.54, 1.807) is 0 Å². The summed E-state index contributed by atoms with van der Waals surface area (Å²) in [6, 6.07) is 10.0. The van der Waals surface area contributed by atoms with Crippen LogP contribution in [0, 0.1) is 0 Å². The van der Waals surface area contributed by atoms with Gasteiger partial charge in [0, 0.05) is 31.5 Å². The highest BCUT2D eigenvalue weighted by Gasteiger charge is 2.26. The standard InChI is InChI=1S/C16H25NO2/c1-4-12-16(18-5-2,19-6-3)13-14-17-15-10-8-7-9-11-15/h7-11,13-14,17H,4-6,12H2,1-3H3. The van der Waals surface area contributed by atoms with Gasteiger partial charge in [0.25, 0.3) is 0 Å². The highest BCUT2D eigenvalue weighted by atomic mass is 16.7. The predicted molar refractivity (Wildman–Crippen MR) is 80.1 cm³/mol. The van der Waals surface area contributed by atoms with E-state index in [1.807, 2.05) is 56.5 Å². The first kappa shape index (κ1) is 15.7. The summed E-state index contributed by atoms with van der Waals surface area (Å²) in [4.78, 5) is 0. The molecule has 3 nitrogen and oxygen atoms in total. The van der Waals surface area contributed by atoms with Gasteiger partial charge in [-0.2, -0.15) is 0 Å². The summed E-state index contributed by atoms with van der Waals surface area (Å²) in [5.41, 5.74) is 1.05. The van der Waals surface area contributed by atoms with Gasteiger partial charge < -0.3 is 14.8 Å². The Bertz CT molecular complexity index is 345. The molecule has 0 radical (unpaired) electrons. The van der Waals surface area contributed by atoms with Crippen LogP contribution in [0.3, 0.4) is 0 Å². The van der Waals surface area contributed by atoms with E-state index in [-0.39, 0.29) is 0 Å². The highest BCUT2D eigenvalue weighted by Crippen LogP contribution is 2.22. The Morgan fingerprint density at radius 1 is 1.05 bits per heavy atom. The summed E-state index contributed by atoms with van der Waals surface area (Å²) in [5, 5.41) is 3.23. The molecule has 0 saturated carbocycles. The normalized spacial score (nSPS) is 11.9. The van der Waals surface area contributed by atoms with Crippen molar-refractivity contribution in [3.05, 3.63) is 42.6 Å². The molecule has 1 aromatic carbocycles. The van der Waals surface area contributed by atoms with Crippen molar-refractivity contribution in [3.63, 3.8) is 0 Å². The zero-order chi connectivity index (χ0) is 14.0. The van der Waals surface area contributed by atoms with Gasteiger partial charge >= 0.3 is 0 Å². The second kappa shape index (κ2) is 8.73. The minimum atomic E-state index is -0.611. The van der Waals surface area contributed by atoms with Gasteiger partial charge in [0.05, 0.1) is 0 Å². The van der Waals surface area contributed by atoms with Crippen LogP contribution >= 0.6 is 0 Å². The maximum absolute atomic E-state index is 5.80. The van der Waals surface area contributed by atoms with E-state index in [2.05, 4.69) is 12.2 Å². The molecule has 0 amide bonds. The van der Waals surface area contributed by atoms with Crippen molar-refractivity contribution in [1.29, 1.82) is 0 Å². The zero-order valence-corrected chi connectivity index (χ0v) is 12.2. The van der Waals surface area contributed by atoms with Crippen LogP contribution in [0.2, 0.25) is 0 Å². The number of rotatable bonds is 9. The number of nitrogens with one attached hydrogen (secondary N) is 1. The number of hydrogen-bond acceptors (Lipinski definition) is 3. The van der Waals surface area contributed by atoms with Crippen molar-refractivity contribution in [2.45, 2.75) is 39.4 Å². The first-order chi connectivity index (χ1) is 9.26. The smallest absolute Gasteiger partial charge is 0.189 e. The second-order valence-electron chi connectivity index (χ2n) is 4.27. The highest BCUT2D eigenvalue weighted by molar-refractivity contribution is 5.44. The minimum Gasteiger partial charge on any atom is -0.362 e. The molecule has 0 fully saturated rings. The van der Waals surface area contributed by atoms with E-state index in [0.717, 1.165) is 18.5 Å². The molecule has 0 spiro atoms. The van der Waals surface area contributed by atoms with Crippen molar-refractivity contribution in [2.24, 2.45) is 0 Å². The molecule has 0 aliphatic rings. The topological polar surface area (TPSA) is 30.5 Å². The lowest BCUT2D eigenvalue weighted by atomic mass is 10.1. The fourth-order valence-electron chi connectivity index (χ4n) is 2.00. The van der Waals surface area contributed by atoms with Gasteiger partial charge in [-0.15, -0.1) is 0 Å². The van der Waals surface area contributed by atoms with Gasteiger partial charge in [-0.05, 0) is 32.1 Å². The van der Waals surface area contributed by atoms with Gasteiger partial charge in [0.2, 0.25) is 0 Å². The van der Waals surface area contributed by atoms with Crippen LogP contribution in [0.5, 0.6) is 0 Å². The third kappa shape index (κ3) is 5.45. The van der Waals surface area contributed by atoms with Crippen LogP contribution in [-0.2, 0) is 9.47 Å². The van der Waals surface area contributed by atoms with Gasteiger partial charge in [0.1, 0.15) is 0 Å². The van der Waals surface area contributed by atoms with Crippen molar-refractivity contribution in [1.82, 2.24) is 0 Å². The number of benzene rings is 1. The first-order valence-electron chi connectivity index (χ1n) is 7.03. The summed E-state index contributed by atoms with van der Waals surface area (Å²) >= 11 is 0. The Balaban J connectivity index is 2.69. The van der Waals surface area contributed by atoms with E-state index in [1.165, 1.54) is 0 Å². The first-order valence-corrected chi connectivity index (χ1v) is 7.03. The van der Waals surface area contributed by atoms with Crippen LogP contribution < -0.4 is 5.32 Å². The predicted octanol–water partition coefficient (Wildman–Crippen LogP) is 4.18. The quantitative estimate of drug-likeness (QED) is 0.678. The SMILES string of the molecule is CCCC(C=CNc1ccccc1)(OCC)OCC. The lowest BCUT2D eigenvalue weighted by Crippen LogP contribution is -2.34. The van der Waals surface area contributed by atoms with E-state index in [4.69, 9.17) is 9.47 Å². The molecule has 1 N–H and O–H groups in total. The lowest BCUT2D eigenvalue weighted by Gasteiger charge is -2.30. The van der Waals surface area contributed by atoms with Crippen LogP contribution in [-0.4, -0.2) is 19.0 Å². The minimum absolute atomic E-state index is 0.611. The number of anilines is 1. The maximum atomic E-state index is 5.80. The Morgan fingerprint density at radius 2 is 1.68 bits per heavy atom. The number of para-hydroxylation sites is 1. The summed E-state index contributed by atoms with van der Waals surface area (Å²) in [7, 11) is 0. The van der Waals surface area contributed by atoms with Crippen molar-refractivity contribution >= 4 is 5.69 Å². The van der Waals surface area contributed by atoms with Crippen molar-refractivity contribution in [2.75, 3.05) is 18.5 Å². The molecule has 1 aromatic rings. The Morgan fingerprint density at radius 3 is 2.21 bits per heavy atom.